The van der Waals surface area contributed by atoms with Crippen molar-refractivity contribution in [2.75, 3.05) is 0 Å². The minimum Gasteiger partial charge on any atom is -1.00 e. The summed E-state index contributed by atoms with van der Waals surface area (Å²) in [5.41, 5.74) is 11.7. The Morgan fingerprint density at radius 2 is 0.958 bits per heavy atom. The Kier molecular flexibility index (Phi) is 20.7. The van der Waals surface area contributed by atoms with Crippen LogP contribution in [0, 0.1) is 44.7 Å². The average molecular weight is 823 g/mol. The first-order chi connectivity index (χ1) is 20.2. The molecule has 2 aromatic heterocycles. The van der Waals surface area contributed by atoms with Crippen LogP contribution in [0.4, 0.5) is 17.1 Å². The largest absolute Gasteiger partial charge is 1.00 e. The summed E-state index contributed by atoms with van der Waals surface area (Å²) in [5.74, 6) is 0. The zero-order valence-corrected chi connectivity index (χ0v) is 31.3. The molecular formula is C35H31Cl4Cu2N5O2-4. The number of hydrogen-bond acceptors (Lipinski definition) is 6. The van der Waals surface area contributed by atoms with Gasteiger partial charge in [-0.3, -0.25) is 30.1 Å². The maximum atomic E-state index is 12.1. The van der Waals surface area contributed by atoms with Gasteiger partial charge in [0.2, 0.25) is 0 Å². The van der Waals surface area contributed by atoms with E-state index in [9.17, 15) is 10.1 Å². The number of aliphatic imine (C=N–C) groups is 2. The fourth-order valence-electron chi connectivity index (χ4n) is 5.20. The van der Waals surface area contributed by atoms with Gasteiger partial charge in [-0.1, -0.05) is 12.1 Å². The van der Waals surface area contributed by atoms with Crippen molar-refractivity contribution in [1.29, 1.82) is 0 Å². The molecule has 0 saturated heterocycles. The quantitative estimate of drug-likeness (QED) is 0.0749. The molecular weight excluding hydrogens is 791 g/mol. The molecule has 0 N–H and O–H groups in total. The molecule has 3 aromatic carbocycles. The van der Waals surface area contributed by atoms with Crippen LogP contribution in [0.25, 0.3) is 22.3 Å². The van der Waals surface area contributed by atoms with Crippen LogP contribution in [0.1, 0.15) is 39.2 Å². The predicted molar refractivity (Wildman–Crippen MR) is 171 cm³/mol. The van der Waals surface area contributed by atoms with Crippen LogP contribution >= 0.6 is 0 Å². The molecule has 0 fully saturated rings. The number of pyridine rings is 2. The van der Waals surface area contributed by atoms with Crippen LogP contribution in [0.15, 0.2) is 95.2 Å². The second-order valence-electron chi connectivity index (χ2n) is 10.4. The molecule has 48 heavy (non-hydrogen) atoms. The first-order valence-corrected chi connectivity index (χ1v) is 13.6. The van der Waals surface area contributed by atoms with Gasteiger partial charge < -0.3 is 49.6 Å². The summed E-state index contributed by atoms with van der Waals surface area (Å²) in [5, 5.41) is 12.1. The molecule has 0 aliphatic rings. The third-order valence-corrected chi connectivity index (χ3v) is 7.23. The number of non-ortho nitro benzene ring substituents is 1. The van der Waals surface area contributed by atoms with Crippen LogP contribution in [-0.4, -0.2) is 27.3 Å². The molecule has 0 amide bonds. The van der Waals surface area contributed by atoms with Crippen LogP contribution in [0.2, 0.25) is 0 Å². The number of nitro benzene ring substituents is 1. The number of rotatable bonds is 7. The van der Waals surface area contributed by atoms with Crippen LogP contribution in [-0.2, 0) is 34.1 Å². The van der Waals surface area contributed by atoms with E-state index in [0.717, 1.165) is 72.8 Å². The number of nitrogens with zero attached hydrogens (tertiary/aromatic N) is 5. The van der Waals surface area contributed by atoms with Gasteiger partial charge in [0.15, 0.2) is 0 Å². The third kappa shape index (κ3) is 11.0. The van der Waals surface area contributed by atoms with Crippen molar-refractivity contribution in [2.24, 2.45) is 9.98 Å². The molecule has 0 atom stereocenters. The summed E-state index contributed by atoms with van der Waals surface area (Å²) in [6.07, 6.45) is 6.97. The maximum absolute atomic E-state index is 12.1. The first kappa shape index (κ1) is 47.0. The van der Waals surface area contributed by atoms with Gasteiger partial charge in [-0.2, -0.15) is 0 Å². The van der Waals surface area contributed by atoms with Gasteiger partial charge in [0, 0.05) is 58.7 Å². The van der Waals surface area contributed by atoms with Crippen LogP contribution in [0.5, 0.6) is 0 Å². The van der Waals surface area contributed by atoms with E-state index in [4.69, 9.17) is 9.98 Å². The number of halogens is 4. The molecule has 262 valence electrons. The van der Waals surface area contributed by atoms with Crippen molar-refractivity contribution >= 4 is 29.5 Å². The van der Waals surface area contributed by atoms with Crippen LogP contribution < -0.4 is 49.6 Å². The summed E-state index contributed by atoms with van der Waals surface area (Å²) in [6.45, 7) is 10.0. The number of aryl methyl sites for hydroxylation is 4. The number of hydrogen-bond donors (Lipinski definition) is 0. The Bertz CT molecular complexity index is 1700. The van der Waals surface area contributed by atoms with E-state index >= 15 is 0 Å². The van der Waals surface area contributed by atoms with Gasteiger partial charge in [-0.25, -0.2) is 0 Å². The Morgan fingerprint density at radius 3 is 1.25 bits per heavy atom. The van der Waals surface area contributed by atoms with Gasteiger partial charge in [0.1, 0.15) is 0 Å². The van der Waals surface area contributed by atoms with Gasteiger partial charge in [0.05, 0.1) is 40.1 Å². The van der Waals surface area contributed by atoms with Crippen molar-refractivity contribution in [3.05, 3.63) is 135 Å². The van der Waals surface area contributed by atoms with E-state index in [1.807, 2.05) is 95.3 Å². The van der Waals surface area contributed by atoms with Gasteiger partial charge in [-0.05, 0) is 133 Å². The smallest absolute Gasteiger partial charge is 0.270 e. The molecule has 13 heteroatoms. The van der Waals surface area contributed by atoms with Gasteiger partial charge in [0.25, 0.3) is 5.69 Å². The summed E-state index contributed by atoms with van der Waals surface area (Å²) >= 11 is 0. The molecule has 0 aliphatic heterocycles. The molecule has 0 aliphatic carbocycles. The topological polar surface area (TPSA) is 93.6 Å². The summed E-state index contributed by atoms with van der Waals surface area (Å²) < 4.78 is 0. The number of benzene rings is 3. The van der Waals surface area contributed by atoms with Gasteiger partial charge in [-0.15, -0.1) is 0 Å². The summed E-state index contributed by atoms with van der Waals surface area (Å²) in [6, 6.07) is 22.9. The Balaban J connectivity index is 0. The second kappa shape index (κ2) is 21.1. The minimum atomic E-state index is -0.330. The molecule has 0 spiro atoms. The fourth-order valence-corrected chi connectivity index (χ4v) is 5.20. The second-order valence-corrected chi connectivity index (χ2v) is 10.4. The molecule has 5 aromatic rings. The normalized spacial score (nSPS) is 10.0. The first-order valence-electron chi connectivity index (χ1n) is 13.6. The van der Waals surface area contributed by atoms with E-state index in [2.05, 4.69) is 9.97 Å². The van der Waals surface area contributed by atoms with Crippen molar-refractivity contribution in [1.82, 2.24) is 9.97 Å². The van der Waals surface area contributed by atoms with E-state index in [1.54, 1.807) is 37.0 Å². The maximum Gasteiger partial charge on any atom is 0.270 e. The zero-order chi connectivity index (χ0) is 29.8. The molecule has 2 radical (unpaired) electrons. The molecule has 0 unspecified atom stereocenters. The number of nitro groups is 1. The fraction of sp³-hybridized carbons (Fsp3) is 0.143. The van der Waals surface area contributed by atoms with E-state index in [-0.39, 0.29) is 94.4 Å². The van der Waals surface area contributed by atoms with Gasteiger partial charge >= 0.3 is 0 Å². The molecule has 7 nitrogen and oxygen atoms in total. The monoisotopic (exact) mass is 819 g/mol. The molecule has 0 saturated carbocycles. The summed E-state index contributed by atoms with van der Waals surface area (Å²) in [7, 11) is 0. The van der Waals surface area contributed by atoms with E-state index in [0.29, 0.717) is 0 Å². The molecule has 5 rings (SSSR count). The Morgan fingerprint density at radius 1 is 0.604 bits per heavy atom. The van der Waals surface area contributed by atoms with Crippen molar-refractivity contribution < 1.29 is 88.7 Å². The van der Waals surface area contributed by atoms with Crippen molar-refractivity contribution in [3.8, 4) is 22.3 Å². The Hall–Kier alpha value is -3.10. The van der Waals surface area contributed by atoms with E-state index in [1.165, 1.54) is 0 Å². The standard InChI is InChI=1S/C35H31N5O2.4ClH.2Cu/c1-22-14-27(15-23(2)34(22)38-20-29-10-6-8-12-36-29)32-18-31(40(41)42)19-33(26(32)5)28-16-24(3)35(25(4)17-28)39-21-30-11-7-9-13-37-30;;;;;;/h6-21H,1-5H3;4*1H;;/p-4. The van der Waals surface area contributed by atoms with Crippen LogP contribution in [0.3, 0.4) is 0 Å². The predicted octanol–water partition coefficient (Wildman–Crippen LogP) is -3.23. The van der Waals surface area contributed by atoms with Crippen molar-refractivity contribution in [3.63, 3.8) is 0 Å². The third-order valence-electron chi connectivity index (χ3n) is 7.23. The minimum absolute atomic E-state index is 0. The molecule has 2 heterocycles. The zero-order valence-electron chi connectivity index (χ0n) is 26.4. The SMILES string of the molecule is Cc1cc(-c2cc([N+](=O)[O-])cc(-c3cc(C)c(N=Cc4ccccn4)c(C)c3)c2C)cc(C)c1N=Cc1ccccn1.[Cl-].[Cl-].[Cl-].[Cl-].[Cu].[Cu]. The number of aromatic nitrogens is 2. The van der Waals surface area contributed by atoms with Crippen molar-refractivity contribution in [2.45, 2.75) is 34.6 Å². The van der Waals surface area contributed by atoms with E-state index < -0.39 is 0 Å². The Labute approximate surface area is 327 Å². The average Bonchev–Trinajstić information content (AvgIpc) is 2.97. The summed E-state index contributed by atoms with van der Waals surface area (Å²) in [4.78, 5) is 29.7. The molecule has 0 bridgehead atoms.